The lowest BCUT2D eigenvalue weighted by molar-refractivity contribution is -0.124. The summed E-state index contributed by atoms with van der Waals surface area (Å²) < 4.78 is 10.1. The first-order valence-corrected chi connectivity index (χ1v) is 7.47. The quantitative estimate of drug-likeness (QED) is 0.919. The van der Waals surface area contributed by atoms with Crippen molar-refractivity contribution in [1.29, 1.82) is 0 Å². The lowest BCUT2D eigenvalue weighted by Gasteiger charge is -2.31. The second kappa shape index (κ2) is 7.89. The molecule has 0 radical (unpaired) electrons. The monoisotopic (exact) mass is 326 g/mol. The van der Waals surface area contributed by atoms with Crippen LogP contribution in [0.3, 0.4) is 0 Å². The van der Waals surface area contributed by atoms with Crippen LogP contribution in [0.1, 0.15) is 12.8 Å². The third kappa shape index (κ3) is 4.80. The number of benzene rings is 1. The zero-order valence-corrected chi connectivity index (χ0v) is 13.1. The van der Waals surface area contributed by atoms with Crippen LogP contribution in [-0.4, -0.2) is 49.7 Å². The van der Waals surface area contributed by atoms with E-state index in [1.807, 2.05) is 0 Å². The zero-order chi connectivity index (χ0) is 15.9. The molecule has 2 rings (SSSR count). The van der Waals surface area contributed by atoms with E-state index in [1.54, 1.807) is 29.2 Å². The Kier molecular flexibility index (Phi) is 5.89. The fraction of sp³-hybridized carbons (Fsp3) is 0.467. The second-order valence-electron chi connectivity index (χ2n) is 5.04. The molecule has 0 aliphatic carbocycles. The van der Waals surface area contributed by atoms with Gasteiger partial charge in [0.25, 0.3) is 5.91 Å². The predicted octanol–water partition coefficient (Wildman–Crippen LogP) is 2.07. The SMILES string of the molecule is COC(=O)N1CCC(NC(=O)COc2ccc(Cl)cc2)CC1. The molecule has 1 fully saturated rings. The van der Waals surface area contributed by atoms with Crippen LogP contribution in [-0.2, 0) is 9.53 Å². The molecule has 0 unspecified atom stereocenters. The van der Waals surface area contributed by atoms with Crippen LogP contribution in [0.4, 0.5) is 4.79 Å². The number of carbonyl (C=O) groups is 2. The number of ether oxygens (including phenoxy) is 2. The summed E-state index contributed by atoms with van der Waals surface area (Å²) in [5.41, 5.74) is 0. The van der Waals surface area contributed by atoms with Crippen molar-refractivity contribution in [2.45, 2.75) is 18.9 Å². The number of piperidine rings is 1. The van der Waals surface area contributed by atoms with Gasteiger partial charge in [-0.3, -0.25) is 4.79 Å². The minimum absolute atomic E-state index is 0.0428. The number of methoxy groups -OCH3 is 1. The molecule has 1 heterocycles. The summed E-state index contributed by atoms with van der Waals surface area (Å²) in [6.45, 7) is 1.12. The maximum absolute atomic E-state index is 11.9. The standard InChI is InChI=1S/C15H19ClN2O4/c1-21-15(20)18-8-6-12(7-9-18)17-14(19)10-22-13-4-2-11(16)3-5-13/h2-5,12H,6-10H2,1H3,(H,17,19). The normalized spacial score (nSPS) is 15.3. The van der Waals surface area contributed by atoms with Crippen LogP contribution in [0.5, 0.6) is 5.75 Å². The van der Waals surface area contributed by atoms with Crippen molar-refractivity contribution in [3.63, 3.8) is 0 Å². The molecular weight excluding hydrogens is 308 g/mol. The lowest BCUT2D eigenvalue weighted by Crippen LogP contribution is -2.47. The summed E-state index contributed by atoms with van der Waals surface area (Å²) in [6.07, 6.45) is 1.10. The summed E-state index contributed by atoms with van der Waals surface area (Å²) in [5, 5.41) is 3.53. The third-order valence-electron chi connectivity index (χ3n) is 3.48. The molecule has 1 aliphatic rings. The maximum Gasteiger partial charge on any atom is 0.409 e. The number of hydrogen-bond acceptors (Lipinski definition) is 4. The molecule has 6 nitrogen and oxygen atoms in total. The summed E-state index contributed by atoms with van der Waals surface area (Å²) in [6, 6.07) is 6.89. The number of hydrogen-bond donors (Lipinski definition) is 1. The summed E-state index contributed by atoms with van der Waals surface area (Å²) in [5.74, 6) is 0.423. The van der Waals surface area contributed by atoms with Gasteiger partial charge in [0.15, 0.2) is 6.61 Å². The minimum atomic E-state index is -0.323. The highest BCUT2D eigenvalue weighted by Crippen LogP contribution is 2.15. The van der Waals surface area contributed by atoms with Crippen LogP contribution in [0.25, 0.3) is 0 Å². The van der Waals surface area contributed by atoms with Crippen LogP contribution in [0.2, 0.25) is 5.02 Å². The number of amides is 2. The molecule has 1 aromatic carbocycles. The Hall–Kier alpha value is -1.95. The van der Waals surface area contributed by atoms with Gasteiger partial charge < -0.3 is 19.7 Å². The van der Waals surface area contributed by atoms with E-state index in [2.05, 4.69) is 10.1 Å². The highest BCUT2D eigenvalue weighted by Gasteiger charge is 2.24. The average molecular weight is 327 g/mol. The highest BCUT2D eigenvalue weighted by atomic mass is 35.5. The number of likely N-dealkylation sites (tertiary alicyclic amines) is 1. The molecule has 120 valence electrons. The first-order chi connectivity index (χ1) is 10.6. The third-order valence-corrected chi connectivity index (χ3v) is 3.73. The maximum atomic E-state index is 11.9. The second-order valence-corrected chi connectivity index (χ2v) is 5.48. The van der Waals surface area contributed by atoms with Crippen molar-refractivity contribution < 1.29 is 19.1 Å². The number of rotatable bonds is 4. The molecule has 0 atom stereocenters. The van der Waals surface area contributed by atoms with Crippen LogP contribution in [0, 0.1) is 0 Å². The van der Waals surface area contributed by atoms with Gasteiger partial charge in [0.1, 0.15) is 5.75 Å². The van der Waals surface area contributed by atoms with Crippen molar-refractivity contribution >= 4 is 23.6 Å². The summed E-state index contributed by atoms with van der Waals surface area (Å²) >= 11 is 5.78. The molecule has 2 amide bonds. The number of halogens is 1. The summed E-state index contributed by atoms with van der Waals surface area (Å²) in [7, 11) is 1.37. The van der Waals surface area contributed by atoms with E-state index < -0.39 is 0 Å². The molecular formula is C15H19ClN2O4. The Bertz CT molecular complexity index is 513. The Labute approximate surface area is 134 Å². The molecule has 0 saturated carbocycles. The molecule has 1 saturated heterocycles. The molecule has 22 heavy (non-hydrogen) atoms. The van der Waals surface area contributed by atoms with Crippen molar-refractivity contribution in [1.82, 2.24) is 10.2 Å². The summed E-state index contributed by atoms with van der Waals surface area (Å²) in [4.78, 5) is 24.9. The molecule has 1 aliphatic heterocycles. The van der Waals surface area contributed by atoms with E-state index in [0.717, 1.165) is 0 Å². The van der Waals surface area contributed by atoms with E-state index in [9.17, 15) is 9.59 Å². The molecule has 0 bridgehead atoms. The van der Waals surface area contributed by atoms with Crippen molar-refractivity contribution in [2.75, 3.05) is 26.8 Å². The van der Waals surface area contributed by atoms with Gasteiger partial charge in [0.05, 0.1) is 7.11 Å². The fourth-order valence-corrected chi connectivity index (χ4v) is 2.41. The Morgan fingerprint density at radius 3 is 2.50 bits per heavy atom. The Morgan fingerprint density at radius 1 is 1.27 bits per heavy atom. The lowest BCUT2D eigenvalue weighted by atomic mass is 10.1. The zero-order valence-electron chi connectivity index (χ0n) is 12.4. The predicted molar refractivity (Wildman–Crippen MR) is 82.1 cm³/mol. The van der Waals surface area contributed by atoms with Gasteiger partial charge in [0.2, 0.25) is 0 Å². The Morgan fingerprint density at radius 2 is 1.91 bits per heavy atom. The van der Waals surface area contributed by atoms with E-state index in [4.69, 9.17) is 16.3 Å². The van der Waals surface area contributed by atoms with Gasteiger partial charge in [-0.15, -0.1) is 0 Å². The van der Waals surface area contributed by atoms with Crippen LogP contribution >= 0.6 is 11.6 Å². The van der Waals surface area contributed by atoms with E-state index >= 15 is 0 Å². The van der Waals surface area contributed by atoms with Crippen molar-refractivity contribution in [3.8, 4) is 5.75 Å². The molecule has 1 N–H and O–H groups in total. The van der Waals surface area contributed by atoms with Crippen molar-refractivity contribution in [2.24, 2.45) is 0 Å². The number of carbonyl (C=O) groups excluding carboxylic acids is 2. The largest absolute Gasteiger partial charge is 0.484 e. The van der Waals surface area contributed by atoms with Gasteiger partial charge in [0, 0.05) is 24.2 Å². The first-order valence-electron chi connectivity index (χ1n) is 7.09. The van der Waals surface area contributed by atoms with Gasteiger partial charge in [-0.05, 0) is 37.1 Å². The van der Waals surface area contributed by atoms with Gasteiger partial charge in [-0.25, -0.2) is 4.79 Å². The Balaban J connectivity index is 1.69. The molecule has 0 aromatic heterocycles. The van der Waals surface area contributed by atoms with Crippen LogP contribution < -0.4 is 10.1 Å². The number of nitrogens with zero attached hydrogens (tertiary/aromatic N) is 1. The fourth-order valence-electron chi connectivity index (χ4n) is 2.28. The molecule has 0 spiro atoms. The van der Waals surface area contributed by atoms with Crippen LogP contribution in [0.15, 0.2) is 24.3 Å². The number of nitrogens with one attached hydrogen (secondary N) is 1. The minimum Gasteiger partial charge on any atom is -0.484 e. The van der Waals surface area contributed by atoms with Gasteiger partial charge >= 0.3 is 6.09 Å². The smallest absolute Gasteiger partial charge is 0.409 e. The van der Waals surface area contributed by atoms with E-state index in [1.165, 1.54) is 7.11 Å². The van der Waals surface area contributed by atoms with Gasteiger partial charge in [-0.2, -0.15) is 0 Å². The van der Waals surface area contributed by atoms with E-state index in [-0.39, 0.29) is 24.6 Å². The molecule has 7 heteroatoms. The van der Waals surface area contributed by atoms with Crippen molar-refractivity contribution in [3.05, 3.63) is 29.3 Å². The average Bonchev–Trinajstić information content (AvgIpc) is 2.54. The highest BCUT2D eigenvalue weighted by molar-refractivity contribution is 6.30. The molecule has 1 aromatic rings. The van der Waals surface area contributed by atoms with E-state index in [0.29, 0.717) is 36.7 Å². The van der Waals surface area contributed by atoms with Gasteiger partial charge in [-0.1, -0.05) is 11.6 Å². The topological polar surface area (TPSA) is 67.9 Å². The first kappa shape index (κ1) is 16.4.